The van der Waals surface area contributed by atoms with E-state index in [9.17, 15) is 14.8 Å². The molecule has 3 rings (SSSR count). The number of rotatable bonds is 13. The summed E-state index contributed by atoms with van der Waals surface area (Å²) in [7, 11) is 0. The lowest BCUT2D eigenvalue weighted by Crippen LogP contribution is -2.26. The molecular weight excluding hydrogens is 483 g/mol. The van der Waals surface area contributed by atoms with Gasteiger partial charge in [0.2, 0.25) is 5.91 Å². The first-order chi connectivity index (χ1) is 16.8. The Bertz CT molecular complexity index is 1170. The van der Waals surface area contributed by atoms with Crippen molar-refractivity contribution in [1.82, 2.24) is 10.3 Å². The second kappa shape index (κ2) is 13.2. The summed E-state index contributed by atoms with van der Waals surface area (Å²) in [6.45, 7) is 0.781. The molecule has 0 aliphatic rings. The summed E-state index contributed by atoms with van der Waals surface area (Å²) < 4.78 is 10.3. The van der Waals surface area contributed by atoms with Crippen molar-refractivity contribution >= 4 is 35.3 Å². The van der Waals surface area contributed by atoms with Gasteiger partial charge >= 0.3 is 0 Å². The molecule has 0 radical (unpaired) electrons. The van der Waals surface area contributed by atoms with Crippen LogP contribution in [-0.4, -0.2) is 41.9 Å². The standard InChI is InChI=1S/C26H33N2O5PS/c1-19(2)33-34(31,35)32-16-7-6-14-27-24(30)17-22-18-28-26-21(13-15-29)11-8-12-23(26)25(22)20-9-4-3-5-10-20/h3-5,8-12,18-19,29H,6-7,13-17H2,1-2H3,(H,27,30)(H,31,35)/p-1. The van der Waals surface area contributed by atoms with Crippen molar-refractivity contribution in [2.75, 3.05) is 19.8 Å². The van der Waals surface area contributed by atoms with Crippen LogP contribution in [0.2, 0.25) is 0 Å². The summed E-state index contributed by atoms with van der Waals surface area (Å²) in [5, 5.41) is 13.3. The Labute approximate surface area is 211 Å². The Morgan fingerprint density at radius 3 is 2.63 bits per heavy atom. The number of hydrogen-bond acceptors (Lipinski definition) is 7. The zero-order valence-electron chi connectivity index (χ0n) is 20.1. The Morgan fingerprint density at radius 1 is 1.14 bits per heavy atom. The Morgan fingerprint density at radius 2 is 1.91 bits per heavy atom. The first-order valence-corrected chi connectivity index (χ1v) is 14.3. The van der Waals surface area contributed by atoms with E-state index in [0.29, 0.717) is 25.8 Å². The fourth-order valence-electron chi connectivity index (χ4n) is 3.88. The number of aliphatic hydroxyl groups is 1. The number of amides is 1. The Hall–Kier alpha value is -2.19. The third-order valence-electron chi connectivity index (χ3n) is 5.34. The number of unbranched alkanes of at least 4 members (excludes halogenated alkanes) is 1. The number of nitrogens with zero attached hydrogens (tertiary/aromatic N) is 1. The maximum Gasteiger partial charge on any atom is 0.224 e. The molecule has 0 bridgehead atoms. The molecule has 0 fully saturated rings. The lowest BCUT2D eigenvalue weighted by atomic mass is 9.93. The fourth-order valence-corrected chi connectivity index (χ4v) is 5.55. The molecule has 0 aliphatic heterocycles. The largest absolute Gasteiger partial charge is 0.780 e. The normalized spacial score (nSPS) is 13.2. The number of benzene rings is 2. The summed E-state index contributed by atoms with van der Waals surface area (Å²) in [5.74, 6) is -0.104. The van der Waals surface area contributed by atoms with Crippen molar-refractivity contribution in [3.63, 3.8) is 0 Å². The summed E-state index contributed by atoms with van der Waals surface area (Å²) in [4.78, 5) is 29.3. The summed E-state index contributed by atoms with van der Waals surface area (Å²) >= 11 is 4.84. The van der Waals surface area contributed by atoms with E-state index in [1.165, 1.54) is 0 Å². The van der Waals surface area contributed by atoms with E-state index in [1.807, 2.05) is 48.5 Å². The molecule has 9 heteroatoms. The minimum absolute atomic E-state index is 0.0470. The molecule has 2 N–H and O–H groups in total. The lowest BCUT2D eigenvalue weighted by molar-refractivity contribution is -0.209. The van der Waals surface area contributed by atoms with Gasteiger partial charge in [-0.2, -0.15) is 0 Å². The highest BCUT2D eigenvalue weighted by Crippen LogP contribution is 2.40. The molecule has 35 heavy (non-hydrogen) atoms. The van der Waals surface area contributed by atoms with Crippen LogP contribution >= 0.6 is 6.72 Å². The van der Waals surface area contributed by atoms with E-state index in [4.69, 9.17) is 20.9 Å². The van der Waals surface area contributed by atoms with Crippen LogP contribution in [-0.2, 0) is 38.5 Å². The number of para-hydroxylation sites is 1. The monoisotopic (exact) mass is 515 g/mol. The van der Waals surface area contributed by atoms with Crippen LogP contribution in [0.15, 0.2) is 54.7 Å². The predicted molar refractivity (Wildman–Crippen MR) is 140 cm³/mol. The maximum atomic E-state index is 12.7. The number of aromatic nitrogens is 1. The highest BCUT2D eigenvalue weighted by atomic mass is 32.5. The SMILES string of the molecule is CC(C)OP([O-])(=S)OCCCCNC(=O)Cc1cnc2c(CCO)cccc2c1-c1ccccc1. The predicted octanol–water partition coefficient (Wildman–Crippen LogP) is 3.90. The van der Waals surface area contributed by atoms with Crippen LogP contribution in [0.4, 0.5) is 0 Å². The molecule has 1 aromatic heterocycles. The Kier molecular flexibility index (Phi) is 10.3. The van der Waals surface area contributed by atoms with Crippen molar-refractivity contribution < 1.29 is 23.8 Å². The summed E-state index contributed by atoms with van der Waals surface area (Å²) in [6, 6.07) is 15.9. The van der Waals surface area contributed by atoms with Gasteiger partial charge in [-0.15, -0.1) is 0 Å². The second-order valence-corrected chi connectivity index (χ2v) is 11.2. The van der Waals surface area contributed by atoms with Gasteiger partial charge in [0, 0.05) is 24.7 Å². The quantitative estimate of drug-likeness (QED) is 0.263. The van der Waals surface area contributed by atoms with Gasteiger partial charge in [-0.05, 0) is 55.4 Å². The fraction of sp³-hybridized carbons (Fsp3) is 0.385. The van der Waals surface area contributed by atoms with Crippen LogP contribution in [0.3, 0.4) is 0 Å². The molecule has 0 spiro atoms. The molecule has 188 valence electrons. The zero-order valence-corrected chi connectivity index (χ0v) is 21.8. The molecule has 1 amide bonds. The third-order valence-corrected chi connectivity index (χ3v) is 7.09. The number of carbonyl (C=O) groups excluding carboxylic acids is 1. The van der Waals surface area contributed by atoms with Crippen LogP contribution in [0.1, 0.15) is 37.8 Å². The van der Waals surface area contributed by atoms with Crippen LogP contribution in [0, 0.1) is 0 Å². The molecule has 0 aliphatic carbocycles. The summed E-state index contributed by atoms with van der Waals surface area (Å²) in [6.07, 6.45) is 3.47. The number of nitrogens with one attached hydrogen (secondary N) is 1. The summed E-state index contributed by atoms with van der Waals surface area (Å²) in [5.41, 5.74) is 4.64. The van der Waals surface area contributed by atoms with E-state index < -0.39 is 6.72 Å². The maximum absolute atomic E-state index is 12.7. The minimum Gasteiger partial charge on any atom is -0.780 e. The van der Waals surface area contributed by atoms with Crippen molar-refractivity contribution in [3.05, 3.63) is 65.9 Å². The van der Waals surface area contributed by atoms with Gasteiger partial charge in [-0.1, -0.05) is 60.3 Å². The van der Waals surface area contributed by atoms with Gasteiger partial charge in [0.25, 0.3) is 0 Å². The van der Waals surface area contributed by atoms with E-state index in [1.54, 1.807) is 20.0 Å². The number of hydrogen-bond donors (Lipinski definition) is 2. The molecule has 3 aromatic rings. The van der Waals surface area contributed by atoms with Crippen molar-refractivity contribution in [2.24, 2.45) is 0 Å². The number of carbonyl (C=O) groups is 1. The van der Waals surface area contributed by atoms with Gasteiger partial charge in [-0.3, -0.25) is 9.78 Å². The van der Waals surface area contributed by atoms with Gasteiger partial charge in [0.15, 0.2) is 0 Å². The first-order valence-electron chi connectivity index (χ1n) is 11.8. The van der Waals surface area contributed by atoms with Crippen LogP contribution in [0.5, 0.6) is 0 Å². The van der Waals surface area contributed by atoms with Gasteiger partial charge in [0.05, 0.1) is 24.6 Å². The number of aliphatic hydroxyl groups excluding tert-OH is 1. The van der Waals surface area contributed by atoms with E-state index in [-0.39, 0.29) is 31.6 Å². The first kappa shape index (κ1) is 27.4. The Balaban J connectivity index is 1.65. The molecule has 7 nitrogen and oxygen atoms in total. The lowest BCUT2D eigenvalue weighted by Gasteiger charge is -2.29. The minimum atomic E-state index is -3.45. The van der Waals surface area contributed by atoms with Gasteiger partial charge in [0.1, 0.15) is 6.72 Å². The van der Waals surface area contributed by atoms with Gasteiger partial charge in [-0.25, -0.2) is 0 Å². The smallest absolute Gasteiger partial charge is 0.224 e. The molecule has 0 saturated heterocycles. The molecule has 0 saturated carbocycles. The highest BCUT2D eigenvalue weighted by Gasteiger charge is 2.15. The molecule has 1 heterocycles. The van der Waals surface area contributed by atoms with Crippen molar-refractivity contribution in [3.8, 4) is 11.1 Å². The second-order valence-electron chi connectivity index (χ2n) is 8.48. The van der Waals surface area contributed by atoms with E-state index in [0.717, 1.165) is 33.2 Å². The molecular formula is C26H32N2O5PS-. The average molecular weight is 516 g/mol. The van der Waals surface area contributed by atoms with Crippen LogP contribution in [0.25, 0.3) is 22.0 Å². The van der Waals surface area contributed by atoms with Crippen molar-refractivity contribution in [1.29, 1.82) is 0 Å². The average Bonchev–Trinajstić information content (AvgIpc) is 2.81. The van der Waals surface area contributed by atoms with Crippen LogP contribution < -0.4 is 10.2 Å². The van der Waals surface area contributed by atoms with Crippen molar-refractivity contribution in [2.45, 2.75) is 45.6 Å². The molecule has 1 atom stereocenters. The number of fused-ring (bicyclic) bond motifs is 1. The molecule has 1 unspecified atom stereocenters. The highest BCUT2D eigenvalue weighted by molar-refractivity contribution is 8.06. The van der Waals surface area contributed by atoms with E-state index in [2.05, 4.69) is 10.3 Å². The topological polar surface area (TPSA) is 104 Å². The zero-order chi connectivity index (χ0) is 25.3. The number of pyridine rings is 1. The molecule has 2 aromatic carbocycles. The third kappa shape index (κ3) is 8.17. The van der Waals surface area contributed by atoms with Gasteiger partial charge < -0.3 is 24.4 Å². The van der Waals surface area contributed by atoms with E-state index >= 15 is 0 Å².